The summed E-state index contributed by atoms with van der Waals surface area (Å²) < 4.78 is 2.53. The summed E-state index contributed by atoms with van der Waals surface area (Å²) in [7, 11) is 0. The Morgan fingerprint density at radius 1 is 1.21 bits per heavy atom. The van der Waals surface area contributed by atoms with Crippen molar-refractivity contribution in [2.24, 2.45) is 0 Å². The molecule has 1 aromatic heterocycles. The second-order valence-electron chi connectivity index (χ2n) is 6.00. The van der Waals surface area contributed by atoms with Crippen LogP contribution >= 0.6 is 0 Å². The van der Waals surface area contributed by atoms with E-state index in [2.05, 4.69) is 41.1 Å². The van der Waals surface area contributed by atoms with E-state index in [-0.39, 0.29) is 0 Å². The van der Waals surface area contributed by atoms with Crippen LogP contribution in [0.4, 0.5) is 0 Å². The van der Waals surface area contributed by atoms with Gasteiger partial charge in [0.1, 0.15) is 5.82 Å². The molecule has 2 bridgehead atoms. The van der Waals surface area contributed by atoms with Gasteiger partial charge in [0.25, 0.3) is 0 Å². The SMILES string of the molecule is CCc1nc2ccccc2n1[C@@H]1C[C@H]2CC[C@@H](C1)N2. The van der Waals surface area contributed by atoms with E-state index in [0.29, 0.717) is 6.04 Å². The number of nitrogens with zero attached hydrogens (tertiary/aromatic N) is 2. The number of fused-ring (bicyclic) bond motifs is 3. The van der Waals surface area contributed by atoms with E-state index in [0.717, 1.165) is 24.0 Å². The summed E-state index contributed by atoms with van der Waals surface area (Å²) >= 11 is 0. The molecule has 0 aliphatic carbocycles. The first-order chi connectivity index (χ1) is 9.35. The highest BCUT2D eigenvalue weighted by Gasteiger charge is 2.35. The Morgan fingerprint density at radius 2 is 1.95 bits per heavy atom. The van der Waals surface area contributed by atoms with Gasteiger partial charge in [0.15, 0.2) is 0 Å². The second kappa shape index (κ2) is 4.34. The van der Waals surface area contributed by atoms with Crippen LogP contribution in [0.5, 0.6) is 0 Å². The third-order valence-corrected chi connectivity index (χ3v) is 4.80. The number of aryl methyl sites for hydroxylation is 1. The van der Waals surface area contributed by atoms with Gasteiger partial charge in [0, 0.05) is 24.5 Å². The van der Waals surface area contributed by atoms with Crippen molar-refractivity contribution >= 4 is 11.0 Å². The van der Waals surface area contributed by atoms with Gasteiger partial charge in [-0.3, -0.25) is 0 Å². The van der Waals surface area contributed by atoms with Gasteiger partial charge in [-0.15, -0.1) is 0 Å². The van der Waals surface area contributed by atoms with Crippen molar-refractivity contribution in [1.29, 1.82) is 0 Å². The molecule has 0 unspecified atom stereocenters. The fourth-order valence-electron chi connectivity index (χ4n) is 3.99. The maximum atomic E-state index is 4.82. The van der Waals surface area contributed by atoms with E-state index in [1.54, 1.807) is 0 Å². The predicted octanol–water partition coefficient (Wildman–Crippen LogP) is 3.05. The van der Waals surface area contributed by atoms with Crippen LogP contribution in [0.3, 0.4) is 0 Å². The Bertz CT molecular complexity index is 589. The molecule has 0 saturated carbocycles. The molecule has 2 aromatic rings. The van der Waals surface area contributed by atoms with E-state index < -0.39 is 0 Å². The van der Waals surface area contributed by atoms with Crippen LogP contribution in [0.2, 0.25) is 0 Å². The van der Waals surface area contributed by atoms with Crippen molar-refractivity contribution in [1.82, 2.24) is 14.9 Å². The molecule has 2 aliphatic heterocycles. The second-order valence-corrected chi connectivity index (χ2v) is 6.00. The number of piperidine rings is 1. The largest absolute Gasteiger partial charge is 0.325 e. The van der Waals surface area contributed by atoms with Gasteiger partial charge in [-0.25, -0.2) is 4.98 Å². The maximum Gasteiger partial charge on any atom is 0.109 e. The molecular formula is C16H21N3. The molecule has 0 amide bonds. The summed E-state index contributed by atoms with van der Waals surface area (Å²) in [5.74, 6) is 1.26. The molecule has 3 heterocycles. The van der Waals surface area contributed by atoms with Crippen molar-refractivity contribution in [2.45, 2.75) is 57.2 Å². The van der Waals surface area contributed by atoms with E-state index in [4.69, 9.17) is 4.98 Å². The van der Waals surface area contributed by atoms with Crippen LogP contribution in [-0.4, -0.2) is 21.6 Å². The molecular weight excluding hydrogens is 234 g/mol. The minimum Gasteiger partial charge on any atom is -0.325 e. The molecule has 1 aromatic carbocycles. The monoisotopic (exact) mass is 255 g/mol. The van der Waals surface area contributed by atoms with Crippen molar-refractivity contribution in [3.05, 3.63) is 30.1 Å². The lowest BCUT2D eigenvalue weighted by Crippen LogP contribution is -2.39. The lowest BCUT2D eigenvalue weighted by atomic mass is 9.99. The molecule has 2 saturated heterocycles. The molecule has 0 radical (unpaired) electrons. The highest BCUT2D eigenvalue weighted by molar-refractivity contribution is 5.76. The average molecular weight is 255 g/mol. The molecule has 4 rings (SSSR count). The van der Waals surface area contributed by atoms with Gasteiger partial charge < -0.3 is 9.88 Å². The number of rotatable bonds is 2. The number of para-hydroxylation sites is 2. The van der Waals surface area contributed by atoms with Crippen molar-refractivity contribution in [3.8, 4) is 0 Å². The fourth-order valence-corrected chi connectivity index (χ4v) is 3.99. The molecule has 1 N–H and O–H groups in total. The summed E-state index contributed by atoms with van der Waals surface area (Å²) in [5, 5.41) is 3.73. The minimum absolute atomic E-state index is 0.640. The quantitative estimate of drug-likeness (QED) is 0.894. The van der Waals surface area contributed by atoms with Crippen LogP contribution < -0.4 is 5.32 Å². The Hall–Kier alpha value is -1.35. The van der Waals surface area contributed by atoms with Crippen LogP contribution in [0.25, 0.3) is 11.0 Å². The first-order valence-electron chi connectivity index (χ1n) is 7.57. The molecule has 19 heavy (non-hydrogen) atoms. The van der Waals surface area contributed by atoms with Crippen LogP contribution in [0, 0.1) is 0 Å². The Kier molecular flexibility index (Phi) is 2.62. The van der Waals surface area contributed by atoms with Crippen molar-refractivity contribution in [2.75, 3.05) is 0 Å². The standard InChI is InChI=1S/C16H21N3/c1-2-16-18-14-5-3-4-6-15(14)19(16)13-9-11-7-8-12(10-13)17-11/h3-6,11-13,17H,2,7-10H2,1H3/t11-,12+,13-. The summed E-state index contributed by atoms with van der Waals surface area (Å²) in [6, 6.07) is 10.7. The topological polar surface area (TPSA) is 29.9 Å². The van der Waals surface area contributed by atoms with E-state index in [1.165, 1.54) is 37.0 Å². The van der Waals surface area contributed by atoms with Gasteiger partial charge in [-0.2, -0.15) is 0 Å². The molecule has 3 heteroatoms. The number of hydrogen-bond acceptors (Lipinski definition) is 2. The number of nitrogens with one attached hydrogen (secondary N) is 1. The minimum atomic E-state index is 0.640. The first-order valence-corrected chi connectivity index (χ1v) is 7.57. The normalized spacial score (nSPS) is 30.1. The van der Waals surface area contributed by atoms with Crippen molar-refractivity contribution in [3.63, 3.8) is 0 Å². The number of aromatic nitrogens is 2. The molecule has 3 nitrogen and oxygen atoms in total. The van der Waals surface area contributed by atoms with Crippen LogP contribution in [0.1, 0.15) is 44.5 Å². The lowest BCUT2D eigenvalue weighted by molar-refractivity contribution is 0.299. The number of hydrogen-bond donors (Lipinski definition) is 1. The average Bonchev–Trinajstić information content (AvgIpc) is 2.98. The summed E-state index contributed by atoms with van der Waals surface area (Å²) in [6.45, 7) is 2.22. The van der Waals surface area contributed by atoms with Crippen LogP contribution in [0.15, 0.2) is 24.3 Å². The van der Waals surface area contributed by atoms with Gasteiger partial charge in [0.05, 0.1) is 11.0 Å². The highest BCUT2D eigenvalue weighted by Crippen LogP contribution is 2.36. The van der Waals surface area contributed by atoms with E-state index >= 15 is 0 Å². The smallest absolute Gasteiger partial charge is 0.109 e. The third kappa shape index (κ3) is 1.79. The third-order valence-electron chi connectivity index (χ3n) is 4.80. The van der Waals surface area contributed by atoms with Gasteiger partial charge in [0.2, 0.25) is 0 Å². The summed E-state index contributed by atoms with van der Waals surface area (Å²) in [5.41, 5.74) is 2.48. The van der Waals surface area contributed by atoms with Gasteiger partial charge in [-0.05, 0) is 37.8 Å². The Labute approximate surface area is 114 Å². The molecule has 3 atom stereocenters. The van der Waals surface area contributed by atoms with E-state index in [1.807, 2.05) is 0 Å². The van der Waals surface area contributed by atoms with Crippen molar-refractivity contribution < 1.29 is 0 Å². The zero-order valence-corrected chi connectivity index (χ0v) is 11.5. The highest BCUT2D eigenvalue weighted by atomic mass is 15.1. The van der Waals surface area contributed by atoms with Gasteiger partial charge >= 0.3 is 0 Å². The molecule has 2 fully saturated rings. The summed E-state index contributed by atoms with van der Waals surface area (Å²) in [4.78, 5) is 4.82. The maximum absolute atomic E-state index is 4.82. The first kappa shape index (κ1) is 11.5. The Morgan fingerprint density at radius 3 is 2.68 bits per heavy atom. The number of imidazole rings is 1. The Balaban J connectivity index is 1.81. The zero-order chi connectivity index (χ0) is 12.8. The molecule has 100 valence electrons. The lowest BCUT2D eigenvalue weighted by Gasteiger charge is -2.31. The zero-order valence-electron chi connectivity index (χ0n) is 11.5. The van der Waals surface area contributed by atoms with Gasteiger partial charge in [-0.1, -0.05) is 19.1 Å². The van der Waals surface area contributed by atoms with Crippen LogP contribution in [-0.2, 0) is 6.42 Å². The fraction of sp³-hybridized carbons (Fsp3) is 0.562. The van der Waals surface area contributed by atoms with E-state index in [9.17, 15) is 0 Å². The molecule has 2 aliphatic rings. The summed E-state index contributed by atoms with van der Waals surface area (Å²) in [6.07, 6.45) is 6.27. The molecule has 0 spiro atoms. The predicted molar refractivity (Wildman–Crippen MR) is 77.3 cm³/mol. The number of benzene rings is 1.